The monoisotopic (exact) mass is 148 g/mol. The molecule has 0 bridgehead atoms. The number of nitrogens with one attached hydrogen (secondary N) is 1. The van der Waals surface area contributed by atoms with Gasteiger partial charge in [-0.15, -0.1) is 0 Å². The van der Waals surface area contributed by atoms with Crippen LogP contribution < -0.4 is 10.8 Å². The second-order valence-corrected chi connectivity index (χ2v) is 3.20. The van der Waals surface area contributed by atoms with Crippen LogP contribution in [0.1, 0.15) is 19.8 Å². The van der Waals surface area contributed by atoms with Crippen LogP contribution in [0.25, 0.3) is 0 Å². The maximum absolute atomic E-state index is 5.29. The Labute approximate surface area is 59.4 Å². The summed E-state index contributed by atoms with van der Waals surface area (Å²) in [7, 11) is 0.916. The van der Waals surface area contributed by atoms with Crippen molar-refractivity contribution in [2.75, 3.05) is 19.3 Å². The SMILES string of the molecule is CCCCPNCCN. The highest BCUT2D eigenvalue weighted by Crippen LogP contribution is 2.05. The molecule has 0 aliphatic heterocycles. The van der Waals surface area contributed by atoms with Crippen LogP contribution in [0.15, 0.2) is 0 Å². The largest absolute Gasteiger partial charge is 0.329 e. The van der Waals surface area contributed by atoms with Crippen LogP contribution in [0.2, 0.25) is 0 Å². The highest BCUT2D eigenvalue weighted by Gasteiger charge is 1.83. The standard InChI is InChI=1S/C6H17N2P/c1-2-3-6-9-8-5-4-7/h8-9H,2-7H2,1H3. The van der Waals surface area contributed by atoms with Crippen molar-refractivity contribution < 1.29 is 0 Å². The van der Waals surface area contributed by atoms with Crippen molar-refractivity contribution in [1.82, 2.24) is 5.09 Å². The van der Waals surface area contributed by atoms with E-state index in [1.807, 2.05) is 0 Å². The fourth-order valence-electron chi connectivity index (χ4n) is 0.514. The Morgan fingerprint density at radius 3 is 2.89 bits per heavy atom. The molecular formula is C6H17N2P. The van der Waals surface area contributed by atoms with Crippen molar-refractivity contribution in [3.05, 3.63) is 0 Å². The summed E-state index contributed by atoms with van der Waals surface area (Å²) < 4.78 is 0. The lowest BCUT2D eigenvalue weighted by molar-refractivity contribution is 0.872. The normalized spacial score (nSPS) is 11.3. The van der Waals surface area contributed by atoms with Gasteiger partial charge in [0.2, 0.25) is 0 Å². The summed E-state index contributed by atoms with van der Waals surface area (Å²) in [5, 5.41) is 3.27. The van der Waals surface area contributed by atoms with Gasteiger partial charge >= 0.3 is 0 Å². The lowest BCUT2D eigenvalue weighted by atomic mass is 10.4. The smallest absolute Gasteiger partial charge is 0.0111 e. The lowest BCUT2D eigenvalue weighted by Gasteiger charge is -1.99. The molecule has 56 valence electrons. The molecule has 0 aliphatic rings. The molecule has 0 saturated heterocycles. The number of hydrogen-bond donors (Lipinski definition) is 2. The van der Waals surface area contributed by atoms with E-state index in [-0.39, 0.29) is 0 Å². The molecule has 0 aromatic heterocycles. The third-order valence-electron chi connectivity index (χ3n) is 1.05. The van der Waals surface area contributed by atoms with E-state index in [1.165, 1.54) is 19.0 Å². The third kappa shape index (κ3) is 8.35. The van der Waals surface area contributed by atoms with Crippen LogP contribution in [0, 0.1) is 0 Å². The zero-order valence-corrected chi connectivity index (χ0v) is 7.11. The van der Waals surface area contributed by atoms with E-state index in [0.29, 0.717) is 0 Å². The molecule has 0 spiro atoms. The molecular weight excluding hydrogens is 131 g/mol. The Hall–Kier alpha value is 0.350. The average molecular weight is 148 g/mol. The molecule has 3 N–H and O–H groups in total. The van der Waals surface area contributed by atoms with E-state index in [2.05, 4.69) is 12.0 Å². The number of rotatable bonds is 6. The predicted molar refractivity (Wildman–Crippen MR) is 45.1 cm³/mol. The molecule has 1 atom stereocenters. The van der Waals surface area contributed by atoms with Crippen molar-refractivity contribution in [2.24, 2.45) is 5.73 Å². The van der Waals surface area contributed by atoms with Crippen molar-refractivity contribution in [1.29, 1.82) is 0 Å². The number of nitrogens with two attached hydrogens (primary N) is 1. The Kier molecular flexibility index (Phi) is 8.67. The molecule has 0 aliphatic carbocycles. The minimum absolute atomic E-state index is 0.763. The molecule has 0 heterocycles. The summed E-state index contributed by atoms with van der Waals surface area (Å²) in [4.78, 5) is 0. The van der Waals surface area contributed by atoms with Gasteiger partial charge < -0.3 is 5.73 Å². The van der Waals surface area contributed by atoms with Gasteiger partial charge in [-0.3, -0.25) is 5.09 Å². The first-order chi connectivity index (χ1) is 4.41. The van der Waals surface area contributed by atoms with Gasteiger partial charge in [-0.1, -0.05) is 22.1 Å². The van der Waals surface area contributed by atoms with Gasteiger partial charge in [0.1, 0.15) is 0 Å². The van der Waals surface area contributed by atoms with E-state index in [4.69, 9.17) is 5.73 Å². The first-order valence-electron chi connectivity index (χ1n) is 3.57. The maximum Gasteiger partial charge on any atom is 0.0111 e. The average Bonchev–Trinajstić information content (AvgIpc) is 1.89. The minimum Gasteiger partial charge on any atom is -0.329 e. The fraction of sp³-hybridized carbons (Fsp3) is 1.00. The highest BCUT2D eigenvalue weighted by molar-refractivity contribution is 7.35. The zero-order valence-electron chi connectivity index (χ0n) is 6.11. The maximum atomic E-state index is 5.29. The van der Waals surface area contributed by atoms with Crippen LogP contribution >= 0.6 is 8.73 Å². The van der Waals surface area contributed by atoms with Gasteiger partial charge in [0.05, 0.1) is 0 Å². The van der Waals surface area contributed by atoms with Gasteiger partial charge in [-0.05, 0) is 12.6 Å². The van der Waals surface area contributed by atoms with E-state index in [1.54, 1.807) is 0 Å². The van der Waals surface area contributed by atoms with Gasteiger partial charge in [0.25, 0.3) is 0 Å². The Bertz CT molecular complexity index is 44.3. The molecule has 0 saturated carbocycles. The molecule has 3 heteroatoms. The van der Waals surface area contributed by atoms with E-state index in [9.17, 15) is 0 Å². The van der Waals surface area contributed by atoms with Crippen LogP contribution in [-0.2, 0) is 0 Å². The Morgan fingerprint density at radius 2 is 2.33 bits per heavy atom. The second kappa shape index (κ2) is 8.35. The first kappa shape index (κ1) is 9.35. The van der Waals surface area contributed by atoms with Crippen LogP contribution in [-0.4, -0.2) is 19.3 Å². The molecule has 0 amide bonds. The minimum atomic E-state index is 0.763. The van der Waals surface area contributed by atoms with Gasteiger partial charge in [0.15, 0.2) is 0 Å². The van der Waals surface area contributed by atoms with E-state index < -0.39 is 0 Å². The predicted octanol–water partition coefficient (Wildman–Crippen LogP) is 0.928. The van der Waals surface area contributed by atoms with Crippen LogP contribution in [0.4, 0.5) is 0 Å². The molecule has 9 heavy (non-hydrogen) atoms. The quantitative estimate of drug-likeness (QED) is 0.434. The molecule has 0 fully saturated rings. The van der Waals surface area contributed by atoms with E-state index in [0.717, 1.165) is 21.8 Å². The Balaban J connectivity index is 2.60. The first-order valence-corrected chi connectivity index (χ1v) is 4.78. The van der Waals surface area contributed by atoms with Crippen LogP contribution in [0.5, 0.6) is 0 Å². The summed E-state index contributed by atoms with van der Waals surface area (Å²) in [6, 6.07) is 0. The summed E-state index contributed by atoms with van der Waals surface area (Å²) in [5.74, 6) is 0. The fourth-order valence-corrected chi connectivity index (χ4v) is 1.54. The van der Waals surface area contributed by atoms with Crippen molar-refractivity contribution in [3.8, 4) is 0 Å². The second-order valence-electron chi connectivity index (χ2n) is 2.00. The molecule has 0 aromatic rings. The van der Waals surface area contributed by atoms with Crippen molar-refractivity contribution in [2.45, 2.75) is 19.8 Å². The van der Waals surface area contributed by atoms with Gasteiger partial charge in [0, 0.05) is 13.1 Å². The summed E-state index contributed by atoms with van der Waals surface area (Å²) >= 11 is 0. The number of hydrogen-bond acceptors (Lipinski definition) is 2. The molecule has 0 radical (unpaired) electrons. The van der Waals surface area contributed by atoms with Gasteiger partial charge in [-0.25, -0.2) is 0 Å². The zero-order chi connectivity index (χ0) is 6.95. The van der Waals surface area contributed by atoms with Crippen LogP contribution in [0.3, 0.4) is 0 Å². The van der Waals surface area contributed by atoms with Crippen molar-refractivity contribution >= 4 is 8.73 Å². The Morgan fingerprint density at radius 1 is 1.56 bits per heavy atom. The van der Waals surface area contributed by atoms with Gasteiger partial charge in [-0.2, -0.15) is 0 Å². The summed E-state index contributed by atoms with van der Waals surface area (Å²) in [6.07, 6.45) is 3.96. The summed E-state index contributed by atoms with van der Waals surface area (Å²) in [5.41, 5.74) is 5.29. The lowest BCUT2D eigenvalue weighted by Crippen LogP contribution is -2.15. The molecule has 1 unspecified atom stereocenters. The summed E-state index contributed by atoms with van der Waals surface area (Å²) in [6.45, 7) is 3.95. The molecule has 2 nitrogen and oxygen atoms in total. The topological polar surface area (TPSA) is 38.0 Å². The highest BCUT2D eigenvalue weighted by atomic mass is 31.1. The molecule has 0 aromatic carbocycles. The molecule has 0 rings (SSSR count). The van der Waals surface area contributed by atoms with Crippen molar-refractivity contribution in [3.63, 3.8) is 0 Å². The third-order valence-corrected chi connectivity index (χ3v) is 2.15. The van der Waals surface area contributed by atoms with E-state index >= 15 is 0 Å². The number of unbranched alkanes of at least 4 members (excludes halogenated alkanes) is 1.